The van der Waals surface area contributed by atoms with E-state index in [2.05, 4.69) is 69.8 Å². The van der Waals surface area contributed by atoms with Gasteiger partial charge in [0.15, 0.2) is 0 Å². The van der Waals surface area contributed by atoms with Gasteiger partial charge in [-0.3, -0.25) is 20.2 Å². The van der Waals surface area contributed by atoms with Gasteiger partial charge in [-0.15, -0.1) is 0 Å². The molecule has 4 rings (SSSR count). The lowest BCUT2D eigenvalue weighted by Gasteiger charge is -2.38. The van der Waals surface area contributed by atoms with Crippen LogP contribution < -0.4 is 5.32 Å². The molecule has 1 unspecified atom stereocenters. The normalized spacial score (nSPS) is 19.5. The van der Waals surface area contributed by atoms with Crippen molar-refractivity contribution in [3.05, 3.63) is 108 Å². The van der Waals surface area contributed by atoms with Crippen LogP contribution in [0.1, 0.15) is 23.1 Å². The highest BCUT2D eigenvalue weighted by Crippen LogP contribution is 2.32. The largest absolute Gasteiger partial charge is 0.294 e. The summed E-state index contributed by atoms with van der Waals surface area (Å²) in [5, 5.41) is 3.79. The zero-order valence-electron chi connectivity index (χ0n) is 17.9. The number of nitrogens with zero attached hydrogens (tertiary/aromatic N) is 3. The van der Waals surface area contributed by atoms with Gasteiger partial charge in [0.1, 0.15) is 0 Å². The van der Waals surface area contributed by atoms with E-state index in [9.17, 15) is 0 Å². The summed E-state index contributed by atoms with van der Waals surface area (Å²) >= 11 is 0. The second kappa shape index (κ2) is 10.8. The summed E-state index contributed by atoms with van der Waals surface area (Å²) in [6.45, 7) is 4.44. The molecule has 1 saturated heterocycles. The summed E-state index contributed by atoms with van der Waals surface area (Å²) < 4.78 is 0. The highest BCUT2D eigenvalue weighted by molar-refractivity contribution is 5.79. The summed E-state index contributed by atoms with van der Waals surface area (Å²) in [5.74, 6) is 0. The molecule has 0 aliphatic carbocycles. The Balaban J connectivity index is 1.44. The van der Waals surface area contributed by atoms with Gasteiger partial charge in [-0.1, -0.05) is 91.0 Å². The molecule has 1 heterocycles. The van der Waals surface area contributed by atoms with Crippen LogP contribution in [-0.4, -0.2) is 50.1 Å². The fraction of sp³-hybridized carbons (Fsp3) is 0.259. The Kier molecular flexibility index (Phi) is 7.37. The number of benzene rings is 3. The maximum Gasteiger partial charge on any atom is 0.0994 e. The molecular formula is C27H30N4. The molecular weight excluding hydrogens is 380 g/mol. The molecule has 31 heavy (non-hydrogen) atoms. The highest BCUT2D eigenvalue weighted by atomic mass is 15.4. The lowest BCUT2D eigenvalue weighted by molar-refractivity contribution is 0.113. The van der Waals surface area contributed by atoms with Gasteiger partial charge in [-0.2, -0.15) is 0 Å². The van der Waals surface area contributed by atoms with Crippen LogP contribution in [0.25, 0.3) is 0 Å². The Morgan fingerprint density at radius 3 is 1.90 bits per heavy atom. The lowest BCUT2D eigenvalue weighted by atomic mass is 9.95. The van der Waals surface area contributed by atoms with Gasteiger partial charge in [-0.25, -0.2) is 0 Å². The van der Waals surface area contributed by atoms with Crippen molar-refractivity contribution in [3.8, 4) is 0 Å². The van der Waals surface area contributed by atoms with Crippen molar-refractivity contribution in [1.29, 1.82) is 0 Å². The number of aliphatic imine (C=N–C) groups is 2. The number of nitrogens with one attached hydrogen (secondary N) is 1. The van der Waals surface area contributed by atoms with Gasteiger partial charge in [0.05, 0.1) is 12.2 Å². The predicted molar refractivity (Wildman–Crippen MR) is 130 cm³/mol. The minimum absolute atomic E-state index is 0.197. The maximum atomic E-state index is 4.72. The average molecular weight is 411 g/mol. The van der Waals surface area contributed by atoms with Crippen molar-refractivity contribution in [3.63, 3.8) is 0 Å². The van der Waals surface area contributed by atoms with E-state index in [1.807, 2.05) is 48.8 Å². The molecule has 1 aliphatic rings. The van der Waals surface area contributed by atoms with Gasteiger partial charge < -0.3 is 0 Å². The van der Waals surface area contributed by atoms with Gasteiger partial charge in [0.2, 0.25) is 0 Å². The van der Waals surface area contributed by atoms with Crippen LogP contribution in [0.5, 0.6) is 0 Å². The summed E-state index contributed by atoms with van der Waals surface area (Å²) in [5.41, 5.74) is 3.39. The fourth-order valence-electron chi connectivity index (χ4n) is 4.22. The van der Waals surface area contributed by atoms with E-state index >= 15 is 0 Å². The van der Waals surface area contributed by atoms with E-state index in [4.69, 9.17) is 4.99 Å². The average Bonchev–Trinajstić information content (AvgIpc) is 3.25. The van der Waals surface area contributed by atoms with E-state index in [1.165, 1.54) is 5.56 Å². The molecule has 1 fully saturated rings. The van der Waals surface area contributed by atoms with Crippen molar-refractivity contribution in [2.45, 2.75) is 12.1 Å². The van der Waals surface area contributed by atoms with Crippen LogP contribution in [0.15, 0.2) is 101 Å². The minimum atomic E-state index is -0.197. The number of rotatable bonds is 9. The molecule has 3 aromatic carbocycles. The third-order valence-electron chi connectivity index (χ3n) is 5.77. The van der Waals surface area contributed by atoms with Gasteiger partial charge in [-0.05, 0) is 16.7 Å². The zero-order valence-corrected chi connectivity index (χ0v) is 17.9. The second-order valence-electron chi connectivity index (χ2n) is 7.78. The first kappa shape index (κ1) is 21.2. The Morgan fingerprint density at radius 1 is 0.742 bits per heavy atom. The SMILES string of the molecule is C(=N\CCN1CCNC1(CC/N=C/c1ccccc1)c1ccccc1)/c1ccccc1. The van der Waals surface area contributed by atoms with E-state index < -0.39 is 0 Å². The Morgan fingerprint density at radius 2 is 1.29 bits per heavy atom. The van der Waals surface area contributed by atoms with Crippen LogP contribution in [-0.2, 0) is 5.66 Å². The van der Waals surface area contributed by atoms with Crippen molar-refractivity contribution in [1.82, 2.24) is 10.2 Å². The first-order chi connectivity index (χ1) is 15.4. The maximum absolute atomic E-state index is 4.72. The molecule has 0 saturated carbocycles. The molecule has 0 radical (unpaired) electrons. The Bertz CT molecular complexity index is 970. The smallest absolute Gasteiger partial charge is 0.0994 e. The Hall–Kier alpha value is -3.08. The third kappa shape index (κ3) is 5.54. The molecule has 3 aromatic rings. The standard InChI is InChI=1S/C27H30N4/c1-4-10-24(11-5-1)22-28-17-16-27(26-14-8-3-9-15-26)30-19-21-31(27)20-18-29-23-25-12-6-2-7-13-25/h1-15,22-23,30H,16-21H2/b28-22+,29-23+. The van der Waals surface area contributed by atoms with Gasteiger partial charge >= 0.3 is 0 Å². The minimum Gasteiger partial charge on any atom is -0.294 e. The van der Waals surface area contributed by atoms with E-state index in [0.717, 1.165) is 50.3 Å². The van der Waals surface area contributed by atoms with Gasteiger partial charge in [0, 0.05) is 45.0 Å². The first-order valence-corrected chi connectivity index (χ1v) is 11.0. The zero-order chi connectivity index (χ0) is 21.2. The highest BCUT2D eigenvalue weighted by Gasteiger charge is 2.41. The van der Waals surface area contributed by atoms with Crippen LogP contribution in [0.4, 0.5) is 0 Å². The molecule has 4 nitrogen and oxygen atoms in total. The van der Waals surface area contributed by atoms with Crippen LogP contribution in [0.2, 0.25) is 0 Å². The third-order valence-corrected chi connectivity index (χ3v) is 5.77. The molecule has 4 heteroatoms. The molecule has 158 valence electrons. The van der Waals surface area contributed by atoms with Crippen molar-refractivity contribution >= 4 is 12.4 Å². The summed E-state index contributed by atoms with van der Waals surface area (Å²) in [7, 11) is 0. The van der Waals surface area contributed by atoms with Crippen molar-refractivity contribution in [2.24, 2.45) is 9.98 Å². The molecule has 1 N–H and O–H groups in total. The van der Waals surface area contributed by atoms with Gasteiger partial charge in [0.25, 0.3) is 0 Å². The number of hydrogen-bond acceptors (Lipinski definition) is 4. The molecule has 0 aromatic heterocycles. The van der Waals surface area contributed by atoms with Crippen molar-refractivity contribution in [2.75, 3.05) is 32.7 Å². The quantitative estimate of drug-likeness (QED) is 0.532. The van der Waals surface area contributed by atoms with Crippen molar-refractivity contribution < 1.29 is 0 Å². The second-order valence-corrected chi connectivity index (χ2v) is 7.78. The predicted octanol–water partition coefficient (Wildman–Crippen LogP) is 4.37. The topological polar surface area (TPSA) is 40.0 Å². The monoisotopic (exact) mass is 410 g/mol. The molecule has 0 bridgehead atoms. The van der Waals surface area contributed by atoms with Crippen LogP contribution in [0, 0.1) is 0 Å². The summed E-state index contributed by atoms with van der Waals surface area (Å²) in [6, 6.07) is 31.3. The summed E-state index contributed by atoms with van der Waals surface area (Å²) in [6.07, 6.45) is 4.86. The van der Waals surface area contributed by atoms with E-state index in [0.29, 0.717) is 0 Å². The molecule has 1 aliphatic heterocycles. The molecule has 0 amide bonds. The molecule has 0 spiro atoms. The number of hydrogen-bond donors (Lipinski definition) is 1. The van der Waals surface area contributed by atoms with Crippen LogP contribution >= 0.6 is 0 Å². The summed E-state index contributed by atoms with van der Waals surface area (Å²) in [4.78, 5) is 11.9. The first-order valence-electron chi connectivity index (χ1n) is 11.0. The van der Waals surface area contributed by atoms with E-state index in [1.54, 1.807) is 0 Å². The van der Waals surface area contributed by atoms with Crippen LogP contribution in [0.3, 0.4) is 0 Å². The fourth-order valence-corrected chi connectivity index (χ4v) is 4.22. The molecule has 1 atom stereocenters. The Labute approximate surface area is 185 Å². The lowest BCUT2D eigenvalue weighted by Crippen LogP contribution is -2.50. The van der Waals surface area contributed by atoms with E-state index in [-0.39, 0.29) is 5.66 Å².